The SMILES string of the molecule is Cc1sc(C(=O)NCC2CCCC2)cc1S(=O)(=O)Cl. The van der Waals surface area contributed by atoms with E-state index in [1.54, 1.807) is 6.92 Å². The summed E-state index contributed by atoms with van der Waals surface area (Å²) in [5.74, 6) is 0.341. The fourth-order valence-corrected chi connectivity index (χ4v) is 4.94. The Morgan fingerprint density at radius 1 is 1.47 bits per heavy atom. The zero-order chi connectivity index (χ0) is 14.0. The Labute approximate surface area is 121 Å². The van der Waals surface area contributed by atoms with Gasteiger partial charge in [0.05, 0.1) is 9.77 Å². The van der Waals surface area contributed by atoms with Crippen molar-refractivity contribution in [2.24, 2.45) is 5.92 Å². The Bertz CT molecular complexity index is 574. The molecule has 19 heavy (non-hydrogen) atoms. The van der Waals surface area contributed by atoms with E-state index in [2.05, 4.69) is 5.32 Å². The monoisotopic (exact) mass is 321 g/mol. The third-order valence-electron chi connectivity index (χ3n) is 3.38. The van der Waals surface area contributed by atoms with Crippen molar-refractivity contribution in [1.82, 2.24) is 5.32 Å². The van der Waals surface area contributed by atoms with E-state index in [0.29, 0.717) is 22.2 Å². The van der Waals surface area contributed by atoms with E-state index >= 15 is 0 Å². The summed E-state index contributed by atoms with van der Waals surface area (Å²) in [7, 11) is 1.54. The average Bonchev–Trinajstić information content (AvgIpc) is 2.93. The molecule has 0 aliphatic heterocycles. The summed E-state index contributed by atoms with van der Waals surface area (Å²) in [6.07, 6.45) is 4.77. The number of hydrogen-bond donors (Lipinski definition) is 1. The Hall–Kier alpha value is -0.590. The number of nitrogens with one attached hydrogen (secondary N) is 1. The lowest BCUT2D eigenvalue weighted by molar-refractivity contribution is 0.0951. The topological polar surface area (TPSA) is 63.2 Å². The Morgan fingerprint density at radius 3 is 2.63 bits per heavy atom. The van der Waals surface area contributed by atoms with E-state index in [0.717, 1.165) is 24.2 Å². The first-order valence-corrected chi connectivity index (χ1v) is 9.34. The van der Waals surface area contributed by atoms with Crippen molar-refractivity contribution >= 4 is 37.0 Å². The van der Waals surface area contributed by atoms with Crippen LogP contribution in [0.2, 0.25) is 0 Å². The van der Waals surface area contributed by atoms with Crippen LogP contribution in [0, 0.1) is 12.8 Å². The minimum Gasteiger partial charge on any atom is -0.351 e. The molecule has 1 aliphatic rings. The molecule has 1 saturated carbocycles. The normalized spacial score (nSPS) is 16.7. The van der Waals surface area contributed by atoms with Crippen LogP contribution in [0.5, 0.6) is 0 Å². The Morgan fingerprint density at radius 2 is 2.11 bits per heavy atom. The summed E-state index contributed by atoms with van der Waals surface area (Å²) in [6.45, 7) is 2.31. The molecule has 1 fully saturated rings. The second-order valence-corrected chi connectivity index (χ2v) is 8.62. The largest absolute Gasteiger partial charge is 0.351 e. The van der Waals surface area contributed by atoms with Gasteiger partial charge in [0.15, 0.2) is 0 Å². The van der Waals surface area contributed by atoms with Gasteiger partial charge in [-0.2, -0.15) is 0 Å². The fourth-order valence-electron chi connectivity index (χ4n) is 2.36. The highest BCUT2D eigenvalue weighted by Crippen LogP contribution is 2.28. The second-order valence-electron chi connectivity index (χ2n) is 4.83. The van der Waals surface area contributed by atoms with Gasteiger partial charge in [0, 0.05) is 22.1 Å². The summed E-state index contributed by atoms with van der Waals surface area (Å²) in [4.78, 5) is 12.9. The molecule has 1 aromatic rings. The third-order valence-corrected chi connectivity index (χ3v) is 6.01. The van der Waals surface area contributed by atoms with Crippen LogP contribution in [0.3, 0.4) is 0 Å². The molecule has 7 heteroatoms. The fraction of sp³-hybridized carbons (Fsp3) is 0.583. The van der Waals surface area contributed by atoms with Crippen LogP contribution in [0.15, 0.2) is 11.0 Å². The maximum Gasteiger partial charge on any atom is 0.262 e. The first-order chi connectivity index (χ1) is 8.88. The second kappa shape index (κ2) is 5.81. The number of hydrogen-bond acceptors (Lipinski definition) is 4. The molecule has 1 N–H and O–H groups in total. The lowest BCUT2D eigenvalue weighted by Gasteiger charge is -2.09. The van der Waals surface area contributed by atoms with Gasteiger partial charge >= 0.3 is 0 Å². The maximum absolute atomic E-state index is 12.0. The molecule has 0 aromatic carbocycles. The van der Waals surface area contributed by atoms with Crippen LogP contribution in [0.1, 0.15) is 40.2 Å². The standard InChI is InChI=1S/C12H16ClNO3S2/c1-8-11(19(13,16)17)6-10(18-8)12(15)14-7-9-4-2-3-5-9/h6,9H,2-5,7H2,1H3,(H,14,15). The van der Waals surface area contributed by atoms with Crippen molar-refractivity contribution in [2.45, 2.75) is 37.5 Å². The van der Waals surface area contributed by atoms with Gasteiger partial charge in [0.2, 0.25) is 0 Å². The molecule has 0 atom stereocenters. The summed E-state index contributed by atoms with van der Waals surface area (Å²) < 4.78 is 22.6. The van der Waals surface area contributed by atoms with E-state index in [1.165, 1.54) is 18.9 Å². The number of amides is 1. The van der Waals surface area contributed by atoms with Gasteiger partial charge in [-0.1, -0.05) is 12.8 Å². The lowest BCUT2D eigenvalue weighted by atomic mass is 10.1. The van der Waals surface area contributed by atoms with Crippen molar-refractivity contribution in [1.29, 1.82) is 0 Å². The molecule has 106 valence electrons. The smallest absolute Gasteiger partial charge is 0.262 e. The molecular formula is C12H16ClNO3S2. The molecule has 1 aromatic heterocycles. The number of rotatable bonds is 4. The summed E-state index contributed by atoms with van der Waals surface area (Å²) in [5, 5.41) is 2.87. The molecule has 2 rings (SSSR count). The van der Waals surface area contributed by atoms with Crippen molar-refractivity contribution in [2.75, 3.05) is 6.54 Å². The Balaban J connectivity index is 2.03. The molecule has 0 radical (unpaired) electrons. The predicted molar refractivity (Wildman–Crippen MR) is 76.4 cm³/mol. The lowest BCUT2D eigenvalue weighted by Crippen LogP contribution is -2.27. The predicted octanol–water partition coefficient (Wildman–Crippen LogP) is 2.90. The van der Waals surface area contributed by atoms with Gasteiger partial charge in [0.25, 0.3) is 15.0 Å². The molecule has 1 aliphatic carbocycles. The van der Waals surface area contributed by atoms with E-state index in [1.807, 2.05) is 0 Å². The molecule has 4 nitrogen and oxygen atoms in total. The van der Waals surface area contributed by atoms with Crippen LogP contribution in [0.25, 0.3) is 0 Å². The first-order valence-electron chi connectivity index (χ1n) is 6.21. The highest BCUT2D eigenvalue weighted by Gasteiger charge is 2.21. The molecule has 0 spiro atoms. The van der Waals surface area contributed by atoms with Crippen LogP contribution in [-0.2, 0) is 9.05 Å². The van der Waals surface area contributed by atoms with Gasteiger partial charge < -0.3 is 5.32 Å². The van der Waals surface area contributed by atoms with Crippen molar-refractivity contribution in [3.8, 4) is 0 Å². The van der Waals surface area contributed by atoms with Crippen LogP contribution in [-0.4, -0.2) is 20.9 Å². The van der Waals surface area contributed by atoms with Crippen molar-refractivity contribution in [3.63, 3.8) is 0 Å². The van der Waals surface area contributed by atoms with Gasteiger partial charge in [-0.15, -0.1) is 11.3 Å². The summed E-state index contributed by atoms with van der Waals surface area (Å²) in [5.41, 5.74) is 0. The summed E-state index contributed by atoms with van der Waals surface area (Å²) >= 11 is 1.16. The van der Waals surface area contributed by atoms with Crippen molar-refractivity contribution < 1.29 is 13.2 Å². The molecule has 0 unspecified atom stereocenters. The number of thiophene rings is 1. The quantitative estimate of drug-likeness (QED) is 0.867. The average molecular weight is 322 g/mol. The van der Waals surface area contributed by atoms with Gasteiger partial charge in [-0.05, 0) is 31.7 Å². The molecule has 1 amide bonds. The third kappa shape index (κ3) is 3.70. The maximum atomic E-state index is 12.0. The van der Waals surface area contributed by atoms with Crippen molar-refractivity contribution in [3.05, 3.63) is 15.8 Å². The van der Waals surface area contributed by atoms with Gasteiger partial charge in [-0.3, -0.25) is 4.79 Å². The summed E-state index contributed by atoms with van der Waals surface area (Å²) in [6, 6.07) is 1.35. The zero-order valence-electron chi connectivity index (χ0n) is 10.6. The number of carbonyl (C=O) groups is 1. The minimum absolute atomic E-state index is 0.0326. The van der Waals surface area contributed by atoms with Crippen LogP contribution < -0.4 is 5.32 Å². The molecular weight excluding hydrogens is 306 g/mol. The highest BCUT2D eigenvalue weighted by molar-refractivity contribution is 8.13. The van der Waals surface area contributed by atoms with Gasteiger partial charge in [-0.25, -0.2) is 8.42 Å². The van der Waals surface area contributed by atoms with Crippen LogP contribution >= 0.6 is 22.0 Å². The van der Waals surface area contributed by atoms with Gasteiger partial charge in [0.1, 0.15) is 0 Å². The number of halogens is 1. The van der Waals surface area contributed by atoms with E-state index in [4.69, 9.17) is 10.7 Å². The minimum atomic E-state index is -3.77. The molecule has 1 heterocycles. The number of aryl methyl sites for hydroxylation is 1. The highest BCUT2D eigenvalue weighted by atomic mass is 35.7. The Kier molecular flexibility index (Phi) is 4.53. The number of carbonyl (C=O) groups excluding carboxylic acids is 1. The van der Waals surface area contributed by atoms with E-state index in [-0.39, 0.29) is 10.8 Å². The van der Waals surface area contributed by atoms with Crippen LogP contribution in [0.4, 0.5) is 0 Å². The van der Waals surface area contributed by atoms with E-state index < -0.39 is 9.05 Å². The first kappa shape index (κ1) is 14.8. The molecule has 0 bridgehead atoms. The molecule has 0 saturated heterocycles. The van der Waals surface area contributed by atoms with E-state index in [9.17, 15) is 13.2 Å². The zero-order valence-corrected chi connectivity index (χ0v) is 13.0.